The highest BCUT2D eigenvalue weighted by Crippen LogP contribution is 2.38. The maximum absolute atomic E-state index is 11.7. The minimum Gasteiger partial charge on any atom is -0.489 e. The fourth-order valence-corrected chi connectivity index (χ4v) is 4.96. The van der Waals surface area contributed by atoms with Gasteiger partial charge in [-0.2, -0.15) is 11.8 Å². The summed E-state index contributed by atoms with van der Waals surface area (Å²) in [5, 5.41) is 0. The Morgan fingerprint density at radius 3 is 2.43 bits per heavy atom. The van der Waals surface area contributed by atoms with Crippen LogP contribution in [0.4, 0.5) is 0 Å². The van der Waals surface area contributed by atoms with Gasteiger partial charge in [0.15, 0.2) is 5.44 Å². The van der Waals surface area contributed by atoms with Crippen LogP contribution in [0.25, 0.3) is 0 Å². The molecule has 0 radical (unpaired) electrons. The molecule has 5 heteroatoms. The van der Waals surface area contributed by atoms with Gasteiger partial charge in [-0.05, 0) is 29.6 Å². The van der Waals surface area contributed by atoms with Crippen molar-refractivity contribution in [2.45, 2.75) is 45.2 Å². The quantitative estimate of drug-likeness (QED) is 0.306. The monoisotopic (exact) mass is 418 g/mol. The summed E-state index contributed by atoms with van der Waals surface area (Å²) in [5.41, 5.74) is 2.03. The lowest BCUT2D eigenvalue weighted by molar-refractivity contribution is -0.143. The van der Waals surface area contributed by atoms with Crippen LogP contribution in [0.3, 0.4) is 0 Å². The highest BCUT2D eigenvalue weighted by molar-refractivity contribution is 8.00. The lowest BCUT2D eigenvalue weighted by Gasteiger charge is -2.28. The molecule has 0 saturated carbocycles. The van der Waals surface area contributed by atoms with E-state index in [2.05, 4.69) is 32.0 Å². The van der Waals surface area contributed by atoms with E-state index in [1.54, 1.807) is 11.8 Å². The predicted octanol–water partition coefficient (Wildman–Crippen LogP) is 6.13. The molecule has 0 aliphatic heterocycles. The largest absolute Gasteiger partial charge is 0.489 e. The standard InChI is InChI=1S/C23H30O3S2/c1-4-15-28-23(26-18(3)24)21(17-27-5-2)20-13-9-10-14-22(20)25-16-19-11-7-6-8-12-19/h6-14,21,23H,4-5,15-17H2,1-3H3. The second-order valence-corrected chi connectivity index (χ2v) is 8.95. The fourth-order valence-electron chi connectivity index (χ4n) is 2.84. The molecule has 0 bridgehead atoms. The zero-order chi connectivity index (χ0) is 20.2. The van der Waals surface area contributed by atoms with Gasteiger partial charge in [-0.3, -0.25) is 4.79 Å². The molecule has 0 amide bonds. The van der Waals surface area contributed by atoms with Crippen molar-refractivity contribution in [3.05, 3.63) is 65.7 Å². The normalized spacial score (nSPS) is 13.0. The molecule has 2 rings (SSSR count). The number of carbonyl (C=O) groups excluding carboxylic acids is 1. The van der Waals surface area contributed by atoms with Crippen LogP contribution in [0.5, 0.6) is 5.75 Å². The number of hydrogen-bond donors (Lipinski definition) is 0. The van der Waals surface area contributed by atoms with Crippen LogP contribution in [0.15, 0.2) is 54.6 Å². The van der Waals surface area contributed by atoms with Gasteiger partial charge < -0.3 is 9.47 Å². The fraction of sp³-hybridized carbons (Fsp3) is 0.435. The molecular formula is C23H30O3S2. The summed E-state index contributed by atoms with van der Waals surface area (Å²) in [4.78, 5) is 11.7. The van der Waals surface area contributed by atoms with Crippen molar-refractivity contribution in [1.29, 1.82) is 0 Å². The van der Waals surface area contributed by atoms with Crippen molar-refractivity contribution >= 4 is 29.5 Å². The van der Waals surface area contributed by atoms with E-state index in [9.17, 15) is 4.79 Å². The first-order valence-electron chi connectivity index (χ1n) is 9.77. The predicted molar refractivity (Wildman–Crippen MR) is 121 cm³/mol. The zero-order valence-electron chi connectivity index (χ0n) is 16.9. The Morgan fingerprint density at radius 1 is 1.04 bits per heavy atom. The number of thioether (sulfide) groups is 2. The molecule has 0 fully saturated rings. The smallest absolute Gasteiger partial charge is 0.303 e. The van der Waals surface area contributed by atoms with Crippen LogP contribution < -0.4 is 4.74 Å². The molecule has 0 aromatic heterocycles. The summed E-state index contributed by atoms with van der Waals surface area (Å²) in [7, 11) is 0. The van der Waals surface area contributed by atoms with E-state index in [1.807, 2.05) is 48.2 Å². The van der Waals surface area contributed by atoms with Crippen LogP contribution in [0.2, 0.25) is 0 Å². The third kappa shape index (κ3) is 7.44. The Morgan fingerprint density at radius 2 is 1.75 bits per heavy atom. The number of para-hydroxylation sites is 1. The average molecular weight is 419 g/mol. The topological polar surface area (TPSA) is 35.5 Å². The maximum atomic E-state index is 11.7. The van der Waals surface area contributed by atoms with Crippen molar-refractivity contribution in [3.63, 3.8) is 0 Å². The highest BCUT2D eigenvalue weighted by Gasteiger charge is 2.28. The van der Waals surface area contributed by atoms with Crippen molar-refractivity contribution < 1.29 is 14.3 Å². The Labute approximate surface area is 177 Å². The summed E-state index contributed by atoms with van der Waals surface area (Å²) in [5.74, 6) is 3.58. The summed E-state index contributed by atoms with van der Waals surface area (Å²) in [6, 6.07) is 18.3. The van der Waals surface area contributed by atoms with E-state index in [0.717, 1.165) is 40.6 Å². The van der Waals surface area contributed by atoms with Gasteiger partial charge in [0, 0.05) is 24.2 Å². The van der Waals surface area contributed by atoms with Gasteiger partial charge in [-0.25, -0.2) is 0 Å². The Hall–Kier alpha value is -1.59. The Kier molecular flexibility index (Phi) is 10.4. The van der Waals surface area contributed by atoms with Crippen LogP contribution in [-0.4, -0.2) is 28.7 Å². The molecule has 0 aliphatic rings. The number of ether oxygens (including phenoxy) is 2. The van der Waals surface area contributed by atoms with Gasteiger partial charge in [-0.15, -0.1) is 11.8 Å². The van der Waals surface area contributed by atoms with Crippen LogP contribution >= 0.6 is 23.5 Å². The van der Waals surface area contributed by atoms with Crippen LogP contribution in [-0.2, 0) is 16.1 Å². The van der Waals surface area contributed by atoms with Gasteiger partial charge in [-0.1, -0.05) is 62.4 Å². The lowest BCUT2D eigenvalue weighted by atomic mass is 10.0. The van der Waals surface area contributed by atoms with Gasteiger partial charge >= 0.3 is 5.97 Å². The molecular weight excluding hydrogens is 388 g/mol. The number of esters is 1. The molecule has 2 aromatic rings. The minimum absolute atomic E-state index is 0.0809. The van der Waals surface area contributed by atoms with Crippen molar-refractivity contribution in [2.24, 2.45) is 0 Å². The first-order chi connectivity index (χ1) is 13.7. The molecule has 152 valence electrons. The zero-order valence-corrected chi connectivity index (χ0v) is 18.6. The molecule has 3 nitrogen and oxygen atoms in total. The van der Waals surface area contributed by atoms with E-state index in [4.69, 9.17) is 9.47 Å². The first-order valence-corrected chi connectivity index (χ1v) is 12.0. The van der Waals surface area contributed by atoms with Crippen molar-refractivity contribution in [1.82, 2.24) is 0 Å². The third-order valence-electron chi connectivity index (χ3n) is 4.15. The molecule has 0 heterocycles. The number of hydrogen-bond acceptors (Lipinski definition) is 5. The molecule has 2 atom stereocenters. The lowest BCUT2D eigenvalue weighted by Crippen LogP contribution is -2.24. The molecule has 0 N–H and O–H groups in total. The summed E-state index contributed by atoms with van der Waals surface area (Å²) < 4.78 is 11.9. The third-order valence-corrected chi connectivity index (χ3v) is 6.55. The Balaban J connectivity index is 2.26. The average Bonchev–Trinajstić information content (AvgIpc) is 2.71. The van der Waals surface area contributed by atoms with Gasteiger partial charge in [0.05, 0.1) is 0 Å². The molecule has 0 aliphatic carbocycles. The number of rotatable bonds is 12. The van der Waals surface area contributed by atoms with E-state index >= 15 is 0 Å². The molecule has 2 aromatic carbocycles. The summed E-state index contributed by atoms with van der Waals surface area (Å²) in [6.07, 6.45) is 1.04. The van der Waals surface area contributed by atoms with E-state index in [0.29, 0.717) is 6.61 Å². The second-order valence-electron chi connectivity index (χ2n) is 6.43. The number of benzene rings is 2. The molecule has 2 unspecified atom stereocenters. The van der Waals surface area contributed by atoms with Crippen LogP contribution in [0, 0.1) is 0 Å². The summed E-state index contributed by atoms with van der Waals surface area (Å²) >= 11 is 3.58. The van der Waals surface area contributed by atoms with E-state index in [1.165, 1.54) is 6.92 Å². The molecule has 28 heavy (non-hydrogen) atoms. The summed E-state index contributed by atoms with van der Waals surface area (Å²) in [6.45, 7) is 6.30. The van der Waals surface area contributed by atoms with Gasteiger partial charge in [0.2, 0.25) is 0 Å². The maximum Gasteiger partial charge on any atom is 0.303 e. The number of carbonyl (C=O) groups is 1. The minimum atomic E-state index is -0.234. The van der Waals surface area contributed by atoms with Crippen molar-refractivity contribution in [2.75, 3.05) is 17.3 Å². The first kappa shape index (κ1) is 22.7. The molecule has 0 spiro atoms. The van der Waals surface area contributed by atoms with E-state index in [-0.39, 0.29) is 17.3 Å². The molecule has 0 saturated heterocycles. The SMILES string of the molecule is CCCSC(OC(C)=O)C(CSCC)c1ccccc1OCc1ccccc1. The van der Waals surface area contributed by atoms with Gasteiger partial charge in [0.25, 0.3) is 0 Å². The van der Waals surface area contributed by atoms with Crippen LogP contribution in [0.1, 0.15) is 44.2 Å². The highest BCUT2D eigenvalue weighted by atomic mass is 32.2. The van der Waals surface area contributed by atoms with Gasteiger partial charge in [0.1, 0.15) is 12.4 Å². The second kappa shape index (κ2) is 12.8. The Bertz CT molecular complexity index is 706. The van der Waals surface area contributed by atoms with Crippen molar-refractivity contribution in [3.8, 4) is 5.75 Å². The van der Waals surface area contributed by atoms with E-state index < -0.39 is 0 Å².